The number of nitrogens with zero attached hydrogens (tertiary/aromatic N) is 1. The molecule has 24 heavy (non-hydrogen) atoms. The van der Waals surface area contributed by atoms with E-state index in [0.29, 0.717) is 11.3 Å². The third kappa shape index (κ3) is 2.86. The predicted octanol–water partition coefficient (Wildman–Crippen LogP) is 3.15. The Morgan fingerprint density at radius 2 is 1.92 bits per heavy atom. The van der Waals surface area contributed by atoms with E-state index in [0.717, 1.165) is 0 Å². The van der Waals surface area contributed by atoms with Crippen LogP contribution in [0.3, 0.4) is 0 Å². The van der Waals surface area contributed by atoms with Gasteiger partial charge < -0.3 is 9.72 Å². The summed E-state index contributed by atoms with van der Waals surface area (Å²) in [5.74, 6) is -1.12. The molecule has 3 aromatic rings. The van der Waals surface area contributed by atoms with Crippen molar-refractivity contribution in [3.05, 3.63) is 76.6 Å². The van der Waals surface area contributed by atoms with E-state index in [1.54, 1.807) is 43.3 Å². The summed E-state index contributed by atoms with van der Waals surface area (Å²) in [4.78, 5) is 27.5. The summed E-state index contributed by atoms with van der Waals surface area (Å²) in [6.07, 6.45) is 0. The van der Waals surface area contributed by atoms with Crippen LogP contribution in [-0.4, -0.2) is 22.1 Å². The summed E-state index contributed by atoms with van der Waals surface area (Å²) < 4.78 is 19.9. The molecule has 0 fully saturated rings. The second kappa shape index (κ2) is 6.54. The fourth-order valence-electron chi connectivity index (χ4n) is 2.50. The van der Waals surface area contributed by atoms with Gasteiger partial charge in [-0.15, -0.1) is 0 Å². The molecule has 1 heterocycles. The van der Waals surface area contributed by atoms with Crippen LogP contribution in [0.5, 0.6) is 0 Å². The van der Waals surface area contributed by atoms with Crippen molar-refractivity contribution in [3.63, 3.8) is 0 Å². The molecule has 3 rings (SSSR count). The normalized spacial score (nSPS) is 10.6. The number of nitrogens with one attached hydrogen (secondary N) is 1. The van der Waals surface area contributed by atoms with Gasteiger partial charge in [0.05, 0.1) is 18.0 Å². The zero-order chi connectivity index (χ0) is 17.1. The van der Waals surface area contributed by atoms with Crippen molar-refractivity contribution >= 4 is 5.97 Å². The third-order valence-electron chi connectivity index (χ3n) is 3.49. The standard InChI is InChI=1S/C18H15FN2O3/c1-2-24-17(22)16-15(12-7-6-8-13(19)11-12)20-18(23)21(16)14-9-4-3-5-10-14/h3-11H,2H2,1H3,(H,20,23). The molecule has 0 bridgehead atoms. The van der Waals surface area contributed by atoms with Gasteiger partial charge in [-0.3, -0.25) is 4.57 Å². The van der Waals surface area contributed by atoms with Crippen molar-refractivity contribution in [3.8, 4) is 16.9 Å². The number of halogens is 1. The minimum atomic E-state index is -0.654. The Kier molecular flexibility index (Phi) is 4.29. The van der Waals surface area contributed by atoms with Gasteiger partial charge in [0.2, 0.25) is 0 Å². The van der Waals surface area contributed by atoms with E-state index in [1.807, 2.05) is 0 Å². The van der Waals surface area contributed by atoms with Gasteiger partial charge in [0, 0.05) is 5.56 Å². The number of rotatable bonds is 4. The number of aromatic amines is 1. The van der Waals surface area contributed by atoms with E-state index in [1.165, 1.54) is 22.8 Å². The monoisotopic (exact) mass is 326 g/mol. The number of carbonyl (C=O) groups excluding carboxylic acids is 1. The van der Waals surface area contributed by atoms with E-state index in [4.69, 9.17) is 4.74 Å². The highest BCUT2D eigenvalue weighted by Gasteiger charge is 2.24. The Labute approximate surface area is 137 Å². The lowest BCUT2D eigenvalue weighted by atomic mass is 10.1. The number of ether oxygens (including phenoxy) is 1. The molecule has 0 unspecified atom stereocenters. The van der Waals surface area contributed by atoms with Crippen molar-refractivity contribution < 1.29 is 13.9 Å². The van der Waals surface area contributed by atoms with Crippen molar-refractivity contribution in [2.75, 3.05) is 6.61 Å². The quantitative estimate of drug-likeness (QED) is 0.749. The molecule has 1 aromatic heterocycles. The molecular weight excluding hydrogens is 311 g/mol. The Bertz CT molecular complexity index is 929. The molecule has 6 heteroatoms. The van der Waals surface area contributed by atoms with Crippen LogP contribution < -0.4 is 5.69 Å². The summed E-state index contributed by atoms with van der Waals surface area (Å²) in [6.45, 7) is 1.84. The minimum Gasteiger partial charge on any atom is -0.461 e. The first-order valence-corrected chi connectivity index (χ1v) is 7.45. The van der Waals surface area contributed by atoms with Gasteiger partial charge >= 0.3 is 11.7 Å². The lowest BCUT2D eigenvalue weighted by Crippen LogP contribution is -2.20. The van der Waals surface area contributed by atoms with E-state index in [2.05, 4.69) is 4.98 Å². The van der Waals surface area contributed by atoms with Gasteiger partial charge in [0.25, 0.3) is 0 Å². The average Bonchev–Trinajstić information content (AvgIpc) is 2.93. The zero-order valence-electron chi connectivity index (χ0n) is 13.0. The largest absolute Gasteiger partial charge is 0.461 e. The van der Waals surface area contributed by atoms with E-state index < -0.39 is 17.5 Å². The number of para-hydroxylation sites is 1. The second-order valence-electron chi connectivity index (χ2n) is 5.06. The molecule has 0 atom stereocenters. The second-order valence-corrected chi connectivity index (χ2v) is 5.06. The van der Waals surface area contributed by atoms with Crippen LogP contribution >= 0.6 is 0 Å². The summed E-state index contributed by atoms with van der Waals surface area (Å²) in [5, 5.41) is 0. The van der Waals surface area contributed by atoms with Crippen molar-refractivity contribution in [2.45, 2.75) is 6.92 Å². The van der Waals surface area contributed by atoms with Gasteiger partial charge in [-0.25, -0.2) is 14.0 Å². The highest BCUT2D eigenvalue weighted by Crippen LogP contribution is 2.24. The van der Waals surface area contributed by atoms with Gasteiger partial charge in [-0.2, -0.15) is 0 Å². The molecular formula is C18H15FN2O3. The number of benzene rings is 2. The van der Waals surface area contributed by atoms with Crippen LogP contribution in [0.15, 0.2) is 59.4 Å². The maximum atomic E-state index is 13.5. The highest BCUT2D eigenvalue weighted by atomic mass is 19.1. The van der Waals surface area contributed by atoms with Gasteiger partial charge in [-0.1, -0.05) is 30.3 Å². The van der Waals surface area contributed by atoms with E-state index >= 15 is 0 Å². The molecule has 0 aliphatic heterocycles. The lowest BCUT2D eigenvalue weighted by molar-refractivity contribution is 0.0517. The SMILES string of the molecule is CCOC(=O)c1c(-c2cccc(F)c2)[nH]c(=O)n1-c1ccccc1. The smallest absolute Gasteiger partial charge is 0.357 e. The zero-order valence-corrected chi connectivity index (χ0v) is 13.0. The van der Waals surface area contributed by atoms with Crippen LogP contribution in [0.25, 0.3) is 16.9 Å². The van der Waals surface area contributed by atoms with Crippen LogP contribution in [0.4, 0.5) is 4.39 Å². The lowest BCUT2D eigenvalue weighted by Gasteiger charge is -2.09. The molecule has 0 saturated carbocycles. The highest BCUT2D eigenvalue weighted by molar-refractivity contribution is 5.95. The first-order chi connectivity index (χ1) is 11.6. The average molecular weight is 326 g/mol. The summed E-state index contributed by atoms with van der Waals surface area (Å²) in [6, 6.07) is 14.4. The maximum absolute atomic E-state index is 13.5. The molecule has 0 radical (unpaired) electrons. The molecule has 1 N–H and O–H groups in total. The molecule has 0 saturated heterocycles. The van der Waals surface area contributed by atoms with Crippen molar-refractivity contribution in [1.82, 2.24) is 9.55 Å². The molecule has 0 amide bonds. The van der Waals surface area contributed by atoms with Crippen LogP contribution in [0.1, 0.15) is 17.4 Å². The minimum absolute atomic E-state index is 0.0404. The first kappa shape index (κ1) is 15.7. The summed E-state index contributed by atoms with van der Waals surface area (Å²) in [7, 11) is 0. The number of hydrogen-bond acceptors (Lipinski definition) is 3. The third-order valence-corrected chi connectivity index (χ3v) is 3.49. The van der Waals surface area contributed by atoms with Crippen LogP contribution in [0.2, 0.25) is 0 Å². The van der Waals surface area contributed by atoms with Crippen molar-refractivity contribution in [2.24, 2.45) is 0 Å². The summed E-state index contributed by atoms with van der Waals surface area (Å²) in [5.41, 5.74) is 0.679. The van der Waals surface area contributed by atoms with Gasteiger partial charge in [-0.05, 0) is 31.2 Å². The Balaban J connectivity index is 2.27. The topological polar surface area (TPSA) is 64.1 Å². The van der Waals surface area contributed by atoms with Crippen LogP contribution in [0, 0.1) is 5.82 Å². The van der Waals surface area contributed by atoms with Gasteiger partial charge in [0.15, 0.2) is 5.69 Å². The Morgan fingerprint density at radius 1 is 1.17 bits per heavy atom. The number of aromatic nitrogens is 2. The molecule has 0 aliphatic rings. The number of H-pyrrole nitrogens is 1. The number of carbonyl (C=O) groups is 1. The number of imidazole rings is 1. The first-order valence-electron chi connectivity index (χ1n) is 7.45. The van der Waals surface area contributed by atoms with E-state index in [9.17, 15) is 14.0 Å². The fourth-order valence-corrected chi connectivity index (χ4v) is 2.50. The van der Waals surface area contributed by atoms with E-state index in [-0.39, 0.29) is 18.0 Å². The molecule has 5 nitrogen and oxygen atoms in total. The molecule has 0 spiro atoms. The molecule has 2 aromatic carbocycles. The molecule has 122 valence electrons. The molecule has 0 aliphatic carbocycles. The van der Waals surface area contributed by atoms with Gasteiger partial charge in [0.1, 0.15) is 5.82 Å². The Morgan fingerprint density at radius 3 is 2.58 bits per heavy atom. The number of hydrogen-bond donors (Lipinski definition) is 1. The maximum Gasteiger partial charge on any atom is 0.357 e. The predicted molar refractivity (Wildman–Crippen MR) is 87.7 cm³/mol. The van der Waals surface area contributed by atoms with Crippen LogP contribution in [-0.2, 0) is 4.74 Å². The summed E-state index contributed by atoms with van der Waals surface area (Å²) >= 11 is 0. The number of esters is 1. The Hall–Kier alpha value is -3.15. The fraction of sp³-hybridized carbons (Fsp3) is 0.111. The van der Waals surface area contributed by atoms with Crippen molar-refractivity contribution in [1.29, 1.82) is 0 Å².